The van der Waals surface area contributed by atoms with E-state index >= 15 is 0 Å². The maximum absolute atomic E-state index is 12.2. The normalized spacial score (nSPS) is 11.5. The van der Waals surface area contributed by atoms with E-state index in [1.807, 2.05) is 12.1 Å². The summed E-state index contributed by atoms with van der Waals surface area (Å²) in [6.45, 7) is 2.05. The average molecular weight is 489 g/mol. The minimum atomic E-state index is -0.687. The van der Waals surface area contributed by atoms with Gasteiger partial charge in [-0.25, -0.2) is 0 Å². The highest BCUT2D eigenvalue weighted by Crippen LogP contribution is 2.20. The lowest BCUT2D eigenvalue weighted by Crippen LogP contribution is -2.40. The minimum Gasteiger partial charge on any atom is -0.497 e. The second kappa shape index (κ2) is 10.6. The van der Waals surface area contributed by atoms with Gasteiger partial charge in [0.1, 0.15) is 11.5 Å². The van der Waals surface area contributed by atoms with Gasteiger partial charge in [0.25, 0.3) is 5.91 Å². The molecule has 0 fully saturated rings. The molecule has 1 atom stereocenters. The van der Waals surface area contributed by atoms with E-state index in [1.54, 1.807) is 50.4 Å². The number of aromatic nitrogens is 2. The summed E-state index contributed by atoms with van der Waals surface area (Å²) in [6.07, 6.45) is -0.687. The maximum atomic E-state index is 12.2. The van der Waals surface area contributed by atoms with Crippen LogP contribution < -0.4 is 20.1 Å². The fourth-order valence-corrected chi connectivity index (χ4v) is 2.93. The molecule has 0 spiro atoms. The SMILES string of the molecule is COc1ccc(-c2noc(C(=O)NCCNC(=O)C(C)Oc3cccc(Br)c3)n2)cc1. The zero-order valence-corrected chi connectivity index (χ0v) is 18.5. The van der Waals surface area contributed by atoms with Crippen molar-refractivity contribution in [2.45, 2.75) is 13.0 Å². The van der Waals surface area contributed by atoms with Crippen LogP contribution in [0.5, 0.6) is 11.5 Å². The number of nitrogens with zero attached hydrogens (tertiary/aromatic N) is 2. The van der Waals surface area contributed by atoms with Gasteiger partial charge in [0.2, 0.25) is 5.82 Å². The maximum Gasteiger partial charge on any atom is 0.316 e. The number of rotatable bonds is 9. The molecule has 0 saturated heterocycles. The standard InChI is InChI=1S/C21H21BrN4O5/c1-13(30-17-5-3-4-15(22)12-17)19(27)23-10-11-24-20(28)21-25-18(26-31-21)14-6-8-16(29-2)9-7-14/h3-9,12-13H,10-11H2,1-2H3,(H,23,27)(H,24,28). The largest absolute Gasteiger partial charge is 0.497 e. The summed E-state index contributed by atoms with van der Waals surface area (Å²) in [6, 6.07) is 14.3. The number of nitrogens with one attached hydrogen (secondary N) is 2. The molecule has 1 aromatic heterocycles. The molecule has 1 unspecified atom stereocenters. The van der Waals surface area contributed by atoms with Gasteiger partial charge in [-0.3, -0.25) is 9.59 Å². The van der Waals surface area contributed by atoms with Gasteiger partial charge in [0.15, 0.2) is 6.10 Å². The van der Waals surface area contributed by atoms with Gasteiger partial charge in [-0.2, -0.15) is 4.98 Å². The first-order valence-electron chi connectivity index (χ1n) is 9.42. The predicted octanol–water partition coefficient (Wildman–Crippen LogP) is 2.82. The van der Waals surface area contributed by atoms with E-state index in [0.717, 1.165) is 4.47 Å². The van der Waals surface area contributed by atoms with Crippen LogP contribution in [0.4, 0.5) is 0 Å². The van der Waals surface area contributed by atoms with Crippen LogP contribution >= 0.6 is 15.9 Å². The molecule has 2 amide bonds. The number of carbonyl (C=O) groups is 2. The molecule has 0 radical (unpaired) electrons. The Kier molecular flexibility index (Phi) is 7.60. The molecule has 0 aliphatic carbocycles. The van der Waals surface area contributed by atoms with Crippen LogP contribution in [0.1, 0.15) is 17.6 Å². The molecule has 10 heteroatoms. The third-order valence-corrected chi connectivity index (χ3v) is 4.65. The Morgan fingerprint density at radius 2 is 1.84 bits per heavy atom. The van der Waals surface area contributed by atoms with Crippen molar-refractivity contribution in [3.8, 4) is 22.9 Å². The van der Waals surface area contributed by atoms with Crippen molar-refractivity contribution in [2.24, 2.45) is 0 Å². The van der Waals surface area contributed by atoms with E-state index in [9.17, 15) is 9.59 Å². The molecule has 0 aliphatic heterocycles. The predicted molar refractivity (Wildman–Crippen MR) is 116 cm³/mol. The minimum absolute atomic E-state index is 0.163. The average Bonchev–Trinajstić information content (AvgIpc) is 3.27. The molecular weight excluding hydrogens is 468 g/mol. The van der Waals surface area contributed by atoms with E-state index in [-0.39, 0.29) is 24.9 Å². The van der Waals surface area contributed by atoms with Gasteiger partial charge >= 0.3 is 11.8 Å². The zero-order chi connectivity index (χ0) is 22.2. The van der Waals surface area contributed by atoms with E-state index in [1.165, 1.54) is 0 Å². The molecule has 0 aliphatic rings. The monoisotopic (exact) mass is 488 g/mol. The Labute approximate surface area is 187 Å². The number of hydrogen-bond acceptors (Lipinski definition) is 7. The molecule has 2 N–H and O–H groups in total. The summed E-state index contributed by atoms with van der Waals surface area (Å²) in [4.78, 5) is 28.4. The highest BCUT2D eigenvalue weighted by atomic mass is 79.9. The first-order chi connectivity index (χ1) is 15.0. The summed E-state index contributed by atoms with van der Waals surface area (Å²) in [7, 11) is 1.57. The van der Waals surface area contributed by atoms with Gasteiger partial charge in [-0.15, -0.1) is 0 Å². The molecule has 162 valence electrons. The highest BCUT2D eigenvalue weighted by Gasteiger charge is 2.17. The van der Waals surface area contributed by atoms with Crippen LogP contribution in [-0.2, 0) is 4.79 Å². The molecule has 31 heavy (non-hydrogen) atoms. The Bertz CT molecular complexity index is 1040. The number of ether oxygens (including phenoxy) is 2. The van der Waals surface area contributed by atoms with Gasteiger partial charge in [0.05, 0.1) is 7.11 Å². The van der Waals surface area contributed by atoms with Crippen LogP contribution in [0, 0.1) is 0 Å². The van der Waals surface area contributed by atoms with Gasteiger partial charge in [-0.05, 0) is 49.4 Å². The Morgan fingerprint density at radius 1 is 1.10 bits per heavy atom. The smallest absolute Gasteiger partial charge is 0.316 e. The van der Waals surface area contributed by atoms with Crippen LogP contribution in [0.2, 0.25) is 0 Å². The summed E-state index contributed by atoms with van der Waals surface area (Å²) >= 11 is 3.35. The number of halogens is 1. The summed E-state index contributed by atoms with van der Waals surface area (Å²) < 4.78 is 16.6. The first kappa shape index (κ1) is 22.3. The highest BCUT2D eigenvalue weighted by molar-refractivity contribution is 9.10. The summed E-state index contributed by atoms with van der Waals surface area (Å²) in [5.74, 6) is 0.579. The van der Waals surface area contributed by atoms with Crippen LogP contribution in [0.25, 0.3) is 11.4 Å². The van der Waals surface area contributed by atoms with Crippen molar-refractivity contribution >= 4 is 27.7 Å². The number of methoxy groups -OCH3 is 1. The van der Waals surface area contributed by atoms with E-state index in [2.05, 4.69) is 36.7 Å². The Morgan fingerprint density at radius 3 is 2.55 bits per heavy atom. The molecule has 1 heterocycles. The van der Waals surface area contributed by atoms with Crippen molar-refractivity contribution in [3.63, 3.8) is 0 Å². The van der Waals surface area contributed by atoms with Crippen molar-refractivity contribution in [1.82, 2.24) is 20.8 Å². The second-order valence-corrected chi connectivity index (χ2v) is 7.33. The van der Waals surface area contributed by atoms with Crippen LogP contribution in [-0.4, -0.2) is 48.3 Å². The van der Waals surface area contributed by atoms with Gasteiger partial charge in [-0.1, -0.05) is 27.2 Å². The molecule has 3 rings (SSSR count). The second-order valence-electron chi connectivity index (χ2n) is 6.42. The number of carbonyl (C=O) groups excluding carboxylic acids is 2. The van der Waals surface area contributed by atoms with E-state index < -0.39 is 12.0 Å². The van der Waals surface area contributed by atoms with Crippen molar-refractivity contribution in [2.75, 3.05) is 20.2 Å². The molecular formula is C21H21BrN4O5. The van der Waals surface area contributed by atoms with Gasteiger partial charge < -0.3 is 24.6 Å². The molecule has 0 saturated carbocycles. The van der Waals surface area contributed by atoms with Crippen LogP contribution in [0.3, 0.4) is 0 Å². The van der Waals surface area contributed by atoms with Crippen molar-refractivity contribution in [3.05, 3.63) is 58.9 Å². The number of hydrogen-bond donors (Lipinski definition) is 2. The third kappa shape index (κ3) is 6.29. The Balaban J connectivity index is 1.42. The zero-order valence-electron chi connectivity index (χ0n) is 16.9. The van der Waals surface area contributed by atoms with Crippen molar-refractivity contribution < 1.29 is 23.6 Å². The number of benzene rings is 2. The fraction of sp³-hybridized carbons (Fsp3) is 0.238. The lowest BCUT2D eigenvalue weighted by atomic mass is 10.2. The number of amides is 2. The Hall–Kier alpha value is -3.40. The van der Waals surface area contributed by atoms with E-state index in [4.69, 9.17) is 14.0 Å². The third-order valence-electron chi connectivity index (χ3n) is 4.16. The molecule has 3 aromatic rings. The molecule has 2 aromatic carbocycles. The molecule has 9 nitrogen and oxygen atoms in total. The van der Waals surface area contributed by atoms with Crippen molar-refractivity contribution in [1.29, 1.82) is 0 Å². The fourth-order valence-electron chi connectivity index (χ4n) is 2.55. The van der Waals surface area contributed by atoms with E-state index in [0.29, 0.717) is 22.9 Å². The summed E-state index contributed by atoms with van der Waals surface area (Å²) in [5.41, 5.74) is 0.690. The molecule has 0 bridgehead atoms. The van der Waals surface area contributed by atoms with Gasteiger partial charge in [0, 0.05) is 23.1 Å². The summed E-state index contributed by atoms with van der Waals surface area (Å²) in [5, 5.41) is 9.12. The topological polar surface area (TPSA) is 116 Å². The van der Waals surface area contributed by atoms with Crippen LogP contribution in [0.15, 0.2) is 57.5 Å². The quantitative estimate of drug-likeness (QED) is 0.444. The first-order valence-corrected chi connectivity index (χ1v) is 10.2. The lowest BCUT2D eigenvalue weighted by Gasteiger charge is -2.15. The lowest BCUT2D eigenvalue weighted by molar-refractivity contribution is -0.127.